The van der Waals surface area contributed by atoms with Crippen LogP contribution in [0.4, 0.5) is 11.8 Å². The normalized spacial score (nSPS) is 11.4. The van der Waals surface area contributed by atoms with Crippen molar-refractivity contribution in [1.82, 2.24) is 9.97 Å². The monoisotopic (exact) mass is 254 g/mol. The Kier molecular flexibility index (Phi) is 5.30. The molecule has 6 nitrogen and oxygen atoms in total. The van der Waals surface area contributed by atoms with Gasteiger partial charge in [0.15, 0.2) is 0 Å². The van der Waals surface area contributed by atoms with Crippen molar-refractivity contribution in [2.45, 2.75) is 32.7 Å². The van der Waals surface area contributed by atoms with Crippen molar-refractivity contribution < 1.29 is 10.2 Å². The SMILES string of the molecule is CCCNc1ncc(C)c(NC(C)(CO)CO)n1. The summed E-state index contributed by atoms with van der Waals surface area (Å²) in [6.45, 7) is 6.12. The van der Waals surface area contributed by atoms with Crippen molar-refractivity contribution in [2.24, 2.45) is 0 Å². The van der Waals surface area contributed by atoms with Crippen LogP contribution < -0.4 is 10.6 Å². The Hall–Kier alpha value is -1.40. The number of rotatable bonds is 7. The zero-order valence-electron chi connectivity index (χ0n) is 11.2. The van der Waals surface area contributed by atoms with Crippen molar-refractivity contribution in [2.75, 3.05) is 30.4 Å². The average molecular weight is 254 g/mol. The molecule has 0 aromatic carbocycles. The zero-order valence-corrected chi connectivity index (χ0v) is 11.2. The smallest absolute Gasteiger partial charge is 0.224 e. The molecule has 4 N–H and O–H groups in total. The minimum absolute atomic E-state index is 0.176. The van der Waals surface area contributed by atoms with Gasteiger partial charge in [-0.1, -0.05) is 6.92 Å². The first kappa shape index (κ1) is 14.7. The van der Waals surface area contributed by atoms with Crippen molar-refractivity contribution in [3.05, 3.63) is 11.8 Å². The molecule has 18 heavy (non-hydrogen) atoms. The van der Waals surface area contributed by atoms with E-state index in [0.29, 0.717) is 11.8 Å². The van der Waals surface area contributed by atoms with E-state index in [-0.39, 0.29) is 13.2 Å². The summed E-state index contributed by atoms with van der Waals surface area (Å²) in [4.78, 5) is 8.51. The highest BCUT2D eigenvalue weighted by Gasteiger charge is 2.23. The topological polar surface area (TPSA) is 90.3 Å². The number of anilines is 2. The van der Waals surface area contributed by atoms with E-state index in [1.165, 1.54) is 0 Å². The van der Waals surface area contributed by atoms with E-state index in [4.69, 9.17) is 0 Å². The van der Waals surface area contributed by atoms with E-state index in [1.54, 1.807) is 13.1 Å². The highest BCUT2D eigenvalue weighted by Crippen LogP contribution is 2.17. The largest absolute Gasteiger partial charge is 0.394 e. The van der Waals surface area contributed by atoms with Gasteiger partial charge in [-0.3, -0.25) is 0 Å². The predicted molar refractivity (Wildman–Crippen MR) is 71.7 cm³/mol. The fourth-order valence-corrected chi connectivity index (χ4v) is 1.31. The summed E-state index contributed by atoms with van der Waals surface area (Å²) in [7, 11) is 0. The molecule has 0 spiro atoms. The van der Waals surface area contributed by atoms with Crippen LogP contribution in [-0.4, -0.2) is 45.5 Å². The van der Waals surface area contributed by atoms with Crippen LogP contribution >= 0.6 is 0 Å². The second kappa shape index (κ2) is 6.51. The van der Waals surface area contributed by atoms with Crippen LogP contribution in [0.1, 0.15) is 25.8 Å². The Morgan fingerprint density at radius 2 is 2.00 bits per heavy atom. The first-order valence-electron chi connectivity index (χ1n) is 6.12. The lowest BCUT2D eigenvalue weighted by molar-refractivity contribution is 0.147. The number of aliphatic hydroxyl groups is 2. The number of hydrogen-bond acceptors (Lipinski definition) is 6. The van der Waals surface area contributed by atoms with Crippen LogP contribution in [-0.2, 0) is 0 Å². The van der Waals surface area contributed by atoms with Crippen LogP contribution in [0.2, 0.25) is 0 Å². The van der Waals surface area contributed by atoms with Gasteiger partial charge < -0.3 is 20.8 Å². The van der Waals surface area contributed by atoms with E-state index < -0.39 is 5.54 Å². The van der Waals surface area contributed by atoms with Crippen molar-refractivity contribution in [1.29, 1.82) is 0 Å². The molecule has 0 aliphatic rings. The summed E-state index contributed by atoms with van der Waals surface area (Å²) in [6, 6.07) is 0. The first-order valence-corrected chi connectivity index (χ1v) is 6.12. The second-order valence-corrected chi connectivity index (χ2v) is 4.65. The van der Waals surface area contributed by atoms with Gasteiger partial charge in [-0.05, 0) is 20.3 Å². The summed E-state index contributed by atoms with van der Waals surface area (Å²) in [5.41, 5.74) is 0.0754. The number of nitrogens with one attached hydrogen (secondary N) is 2. The maximum Gasteiger partial charge on any atom is 0.224 e. The van der Waals surface area contributed by atoms with Gasteiger partial charge >= 0.3 is 0 Å². The molecule has 0 aliphatic heterocycles. The highest BCUT2D eigenvalue weighted by molar-refractivity contribution is 5.48. The fourth-order valence-electron chi connectivity index (χ4n) is 1.31. The van der Waals surface area contributed by atoms with Gasteiger partial charge in [-0.15, -0.1) is 0 Å². The van der Waals surface area contributed by atoms with E-state index >= 15 is 0 Å². The van der Waals surface area contributed by atoms with Gasteiger partial charge in [0.05, 0.1) is 18.8 Å². The molecule has 0 saturated carbocycles. The average Bonchev–Trinajstić information content (AvgIpc) is 2.39. The van der Waals surface area contributed by atoms with Crippen LogP contribution in [0, 0.1) is 6.92 Å². The van der Waals surface area contributed by atoms with Crippen LogP contribution in [0.5, 0.6) is 0 Å². The van der Waals surface area contributed by atoms with Crippen molar-refractivity contribution in [3.8, 4) is 0 Å². The molecule has 0 saturated heterocycles. The third-order valence-electron chi connectivity index (χ3n) is 2.62. The quantitative estimate of drug-likeness (QED) is 0.574. The molecule has 0 aliphatic carbocycles. The van der Waals surface area contributed by atoms with Gasteiger partial charge in [0.25, 0.3) is 0 Å². The molecule has 1 aromatic heterocycles. The molecule has 0 fully saturated rings. The summed E-state index contributed by atoms with van der Waals surface area (Å²) in [6.07, 6.45) is 2.70. The van der Waals surface area contributed by atoms with E-state index in [9.17, 15) is 10.2 Å². The standard InChI is InChI=1S/C12H22N4O2/c1-4-5-13-11-14-6-9(2)10(15-11)16-12(3,7-17)8-18/h6,17-18H,4-5,7-8H2,1-3H3,(H2,13,14,15,16). The van der Waals surface area contributed by atoms with Crippen LogP contribution in [0.25, 0.3) is 0 Å². The Morgan fingerprint density at radius 1 is 1.33 bits per heavy atom. The summed E-state index contributed by atoms with van der Waals surface area (Å²) < 4.78 is 0. The van der Waals surface area contributed by atoms with Gasteiger partial charge in [0.1, 0.15) is 5.82 Å². The number of hydrogen-bond donors (Lipinski definition) is 4. The molecule has 1 rings (SSSR count). The predicted octanol–water partition coefficient (Wildman–Crippen LogP) is 0.762. The number of aryl methyl sites for hydroxylation is 1. The molecule has 6 heteroatoms. The molecule has 1 heterocycles. The Morgan fingerprint density at radius 3 is 2.56 bits per heavy atom. The highest BCUT2D eigenvalue weighted by atomic mass is 16.3. The maximum atomic E-state index is 9.27. The van der Waals surface area contributed by atoms with E-state index in [1.807, 2.05) is 6.92 Å². The van der Waals surface area contributed by atoms with Crippen LogP contribution in [0.3, 0.4) is 0 Å². The number of aromatic nitrogens is 2. The minimum atomic E-state index is -0.791. The Bertz CT molecular complexity index is 380. The summed E-state index contributed by atoms with van der Waals surface area (Å²) in [5.74, 6) is 1.16. The second-order valence-electron chi connectivity index (χ2n) is 4.65. The Labute approximate surface area is 107 Å². The first-order chi connectivity index (χ1) is 8.54. The van der Waals surface area contributed by atoms with E-state index in [2.05, 4.69) is 27.5 Å². The number of nitrogens with zero attached hydrogens (tertiary/aromatic N) is 2. The zero-order chi connectivity index (χ0) is 13.6. The maximum absolute atomic E-state index is 9.27. The summed E-state index contributed by atoms with van der Waals surface area (Å²) in [5, 5.41) is 24.7. The molecule has 0 bridgehead atoms. The third kappa shape index (κ3) is 3.82. The minimum Gasteiger partial charge on any atom is -0.394 e. The number of aliphatic hydroxyl groups excluding tert-OH is 2. The Balaban J connectivity index is 2.86. The lowest BCUT2D eigenvalue weighted by atomic mass is 10.1. The molecule has 0 atom stereocenters. The molecule has 1 aromatic rings. The fraction of sp³-hybridized carbons (Fsp3) is 0.667. The molecular formula is C12H22N4O2. The molecule has 0 unspecified atom stereocenters. The lowest BCUT2D eigenvalue weighted by Gasteiger charge is -2.27. The van der Waals surface area contributed by atoms with Gasteiger partial charge in [-0.25, -0.2) is 4.98 Å². The van der Waals surface area contributed by atoms with Gasteiger partial charge in [0, 0.05) is 18.3 Å². The van der Waals surface area contributed by atoms with Gasteiger partial charge in [0.2, 0.25) is 5.95 Å². The van der Waals surface area contributed by atoms with Crippen molar-refractivity contribution >= 4 is 11.8 Å². The van der Waals surface area contributed by atoms with Gasteiger partial charge in [-0.2, -0.15) is 4.98 Å². The van der Waals surface area contributed by atoms with Crippen molar-refractivity contribution in [3.63, 3.8) is 0 Å². The molecule has 0 radical (unpaired) electrons. The third-order valence-corrected chi connectivity index (χ3v) is 2.62. The van der Waals surface area contributed by atoms with E-state index in [0.717, 1.165) is 18.5 Å². The summed E-state index contributed by atoms with van der Waals surface area (Å²) >= 11 is 0. The lowest BCUT2D eigenvalue weighted by Crippen LogP contribution is -2.43. The molecule has 0 amide bonds. The van der Waals surface area contributed by atoms with Crippen LogP contribution in [0.15, 0.2) is 6.20 Å². The molecule has 102 valence electrons. The molecular weight excluding hydrogens is 232 g/mol.